The van der Waals surface area contributed by atoms with E-state index in [1.807, 2.05) is 17.1 Å². The fraction of sp³-hybridized carbons (Fsp3) is 0.400. The zero-order valence-corrected chi connectivity index (χ0v) is 11.1. The van der Waals surface area contributed by atoms with Gasteiger partial charge in [0.2, 0.25) is 0 Å². The molecular weight excluding hydrogens is 222 g/mol. The first kappa shape index (κ1) is 12.8. The summed E-state index contributed by atoms with van der Waals surface area (Å²) in [4.78, 5) is 4.05. The second-order valence-electron chi connectivity index (χ2n) is 4.71. The first-order valence-corrected chi connectivity index (χ1v) is 6.60. The van der Waals surface area contributed by atoms with Crippen LogP contribution in [0.5, 0.6) is 0 Å². The molecule has 18 heavy (non-hydrogen) atoms. The summed E-state index contributed by atoms with van der Waals surface area (Å²) in [7, 11) is 0. The van der Waals surface area contributed by atoms with E-state index in [1.165, 1.54) is 18.4 Å². The quantitative estimate of drug-likeness (QED) is 0.844. The van der Waals surface area contributed by atoms with Crippen LogP contribution >= 0.6 is 0 Å². The fourth-order valence-electron chi connectivity index (χ4n) is 2.02. The van der Waals surface area contributed by atoms with Gasteiger partial charge in [0.25, 0.3) is 0 Å². The minimum atomic E-state index is 0.586. The summed E-state index contributed by atoms with van der Waals surface area (Å²) in [5.41, 5.74) is 2.47. The number of rotatable bonds is 6. The number of nitrogens with one attached hydrogen (secondary N) is 1. The SMILES string of the molecule is CCCC(C)NCc1ccc(-n2ccnc2)cc1. The monoisotopic (exact) mass is 243 g/mol. The summed E-state index contributed by atoms with van der Waals surface area (Å²) in [5, 5.41) is 3.53. The summed E-state index contributed by atoms with van der Waals surface area (Å²) in [6.07, 6.45) is 8.02. The molecular formula is C15H21N3. The first-order chi connectivity index (χ1) is 8.79. The van der Waals surface area contributed by atoms with E-state index in [4.69, 9.17) is 0 Å². The Morgan fingerprint density at radius 1 is 1.28 bits per heavy atom. The molecule has 1 aromatic heterocycles. The molecule has 1 heterocycles. The van der Waals surface area contributed by atoms with Gasteiger partial charge in [-0.1, -0.05) is 25.5 Å². The van der Waals surface area contributed by atoms with Crippen molar-refractivity contribution in [2.75, 3.05) is 0 Å². The molecule has 0 aliphatic rings. The molecule has 0 amide bonds. The third kappa shape index (κ3) is 3.44. The molecule has 0 aliphatic carbocycles. The van der Waals surface area contributed by atoms with Crippen molar-refractivity contribution in [1.82, 2.24) is 14.9 Å². The van der Waals surface area contributed by atoms with Gasteiger partial charge >= 0.3 is 0 Å². The predicted octanol–water partition coefficient (Wildman–Crippen LogP) is 3.15. The summed E-state index contributed by atoms with van der Waals surface area (Å²) >= 11 is 0. The Labute approximate surface area is 109 Å². The average Bonchev–Trinajstić information content (AvgIpc) is 2.91. The second-order valence-corrected chi connectivity index (χ2v) is 4.71. The number of benzene rings is 1. The smallest absolute Gasteiger partial charge is 0.0991 e. The molecule has 2 rings (SSSR count). The Morgan fingerprint density at radius 3 is 2.67 bits per heavy atom. The van der Waals surface area contributed by atoms with Crippen LogP contribution in [0.25, 0.3) is 5.69 Å². The highest BCUT2D eigenvalue weighted by Crippen LogP contribution is 2.09. The molecule has 0 aliphatic heterocycles. The molecule has 96 valence electrons. The molecule has 2 aromatic rings. The Kier molecular flexibility index (Phi) is 4.53. The van der Waals surface area contributed by atoms with Crippen LogP contribution in [-0.2, 0) is 6.54 Å². The maximum absolute atomic E-state index is 4.05. The topological polar surface area (TPSA) is 29.9 Å². The van der Waals surface area contributed by atoms with Crippen LogP contribution in [0.1, 0.15) is 32.3 Å². The minimum Gasteiger partial charge on any atom is -0.310 e. The lowest BCUT2D eigenvalue weighted by atomic mass is 10.1. The van der Waals surface area contributed by atoms with Crippen LogP contribution in [0, 0.1) is 0 Å². The van der Waals surface area contributed by atoms with E-state index in [2.05, 4.69) is 48.4 Å². The molecule has 1 N–H and O–H groups in total. The number of imidazole rings is 1. The maximum Gasteiger partial charge on any atom is 0.0991 e. The van der Waals surface area contributed by atoms with Gasteiger partial charge in [-0.3, -0.25) is 0 Å². The molecule has 0 saturated heterocycles. The largest absolute Gasteiger partial charge is 0.310 e. The van der Waals surface area contributed by atoms with E-state index in [0.717, 1.165) is 12.2 Å². The summed E-state index contributed by atoms with van der Waals surface area (Å²) in [5.74, 6) is 0. The molecule has 1 unspecified atom stereocenters. The number of hydrogen-bond acceptors (Lipinski definition) is 2. The lowest BCUT2D eigenvalue weighted by Crippen LogP contribution is -2.25. The van der Waals surface area contributed by atoms with Crippen molar-refractivity contribution >= 4 is 0 Å². The highest BCUT2D eigenvalue weighted by Gasteiger charge is 2.00. The van der Waals surface area contributed by atoms with Gasteiger partial charge in [0.1, 0.15) is 0 Å². The summed E-state index contributed by atoms with van der Waals surface area (Å²) in [6, 6.07) is 9.18. The average molecular weight is 243 g/mol. The number of nitrogens with zero attached hydrogens (tertiary/aromatic N) is 2. The molecule has 0 saturated carbocycles. The van der Waals surface area contributed by atoms with Gasteiger partial charge < -0.3 is 9.88 Å². The zero-order valence-electron chi connectivity index (χ0n) is 11.1. The number of hydrogen-bond donors (Lipinski definition) is 1. The summed E-state index contributed by atoms with van der Waals surface area (Å²) in [6.45, 7) is 5.40. The van der Waals surface area contributed by atoms with Gasteiger partial charge in [0.05, 0.1) is 6.33 Å². The van der Waals surface area contributed by atoms with Crippen molar-refractivity contribution in [1.29, 1.82) is 0 Å². The Morgan fingerprint density at radius 2 is 2.06 bits per heavy atom. The van der Waals surface area contributed by atoms with E-state index >= 15 is 0 Å². The zero-order chi connectivity index (χ0) is 12.8. The van der Waals surface area contributed by atoms with Crippen molar-refractivity contribution in [3.8, 4) is 5.69 Å². The van der Waals surface area contributed by atoms with Gasteiger partial charge in [-0.25, -0.2) is 4.98 Å². The van der Waals surface area contributed by atoms with E-state index in [-0.39, 0.29) is 0 Å². The van der Waals surface area contributed by atoms with E-state index < -0.39 is 0 Å². The van der Waals surface area contributed by atoms with Gasteiger partial charge in [0.15, 0.2) is 0 Å². The van der Waals surface area contributed by atoms with Crippen LogP contribution < -0.4 is 5.32 Å². The van der Waals surface area contributed by atoms with Crippen LogP contribution in [0.3, 0.4) is 0 Å². The Bertz CT molecular complexity index is 445. The summed E-state index contributed by atoms with van der Waals surface area (Å²) < 4.78 is 2.01. The second kappa shape index (κ2) is 6.36. The minimum absolute atomic E-state index is 0.586. The van der Waals surface area contributed by atoms with Crippen LogP contribution in [-0.4, -0.2) is 15.6 Å². The van der Waals surface area contributed by atoms with Crippen molar-refractivity contribution < 1.29 is 0 Å². The van der Waals surface area contributed by atoms with Crippen LogP contribution in [0.4, 0.5) is 0 Å². The fourth-order valence-corrected chi connectivity index (χ4v) is 2.02. The molecule has 0 fully saturated rings. The molecule has 0 bridgehead atoms. The molecule has 3 heteroatoms. The highest BCUT2D eigenvalue weighted by atomic mass is 15.0. The van der Waals surface area contributed by atoms with Gasteiger partial charge in [-0.15, -0.1) is 0 Å². The van der Waals surface area contributed by atoms with E-state index in [0.29, 0.717) is 6.04 Å². The lowest BCUT2D eigenvalue weighted by molar-refractivity contribution is 0.508. The first-order valence-electron chi connectivity index (χ1n) is 6.60. The highest BCUT2D eigenvalue weighted by molar-refractivity contribution is 5.34. The Hall–Kier alpha value is -1.61. The number of aromatic nitrogens is 2. The molecule has 0 radical (unpaired) electrons. The normalized spacial score (nSPS) is 12.6. The molecule has 3 nitrogen and oxygen atoms in total. The van der Waals surface area contributed by atoms with Crippen molar-refractivity contribution in [2.24, 2.45) is 0 Å². The van der Waals surface area contributed by atoms with Crippen molar-refractivity contribution in [2.45, 2.75) is 39.3 Å². The van der Waals surface area contributed by atoms with E-state index in [9.17, 15) is 0 Å². The third-order valence-corrected chi connectivity index (χ3v) is 3.12. The van der Waals surface area contributed by atoms with Gasteiger partial charge in [-0.05, 0) is 31.0 Å². The predicted molar refractivity (Wildman–Crippen MR) is 74.8 cm³/mol. The van der Waals surface area contributed by atoms with Crippen molar-refractivity contribution in [3.63, 3.8) is 0 Å². The lowest BCUT2D eigenvalue weighted by Gasteiger charge is -2.12. The molecule has 1 aromatic carbocycles. The van der Waals surface area contributed by atoms with Crippen LogP contribution in [0.2, 0.25) is 0 Å². The Balaban J connectivity index is 1.92. The standard InChI is InChI=1S/C15H21N3/c1-3-4-13(2)17-11-14-5-7-15(8-6-14)18-10-9-16-12-18/h5-10,12-13,17H,3-4,11H2,1-2H3. The van der Waals surface area contributed by atoms with Gasteiger partial charge in [0, 0.05) is 30.7 Å². The van der Waals surface area contributed by atoms with Crippen LogP contribution in [0.15, 0.2) is 43.0 Å². The molecule has 0 spiro atoms. The van der Waals surface area contributed by atoms with Gasteiger partial charge in [-0.2, -0.15) is 0 Å². The van der Waals surface area contributed by atoms with E-state index in [1.54, 1.807) is 6.20 Å². The third-order valence-electron chi connectivity index (χ3n) is 3.12. The maximum atomic E-state index is 4.05. The van der Waals surface area contributed by atoms with Crippen molar-refractivity contribution in [3.05, 3.63) is 48.5 Å². The molecule has 1 atom stereocenters.